The Kier molecular flexibility index (Phi) is 4.87. The van der Waals surface area contributed by atoms with Gasteiger partial charge in [-0.05, 0) is 30.7 Å². The summed E-state index contributed by atoms with van der Waals surface area (Å²) in [6, 6.07) is 12.6. The number of aromatic nitrogens is 3. The Hall–Kier alpha value is -3.13. The molecule has 0 fully saturated rings. The second kappa shape index (κ2) is 7.36. The molecule has 0 aliphatic heterocycles. The van der Waals surface area contributed by atoms with E-state index in [4.69, 9.17) is 10.5 Å². The Bertz CT molecular complexity index is 1150. The van der Waals surface area contributed by atoms with Crippen LogP contribution >= 0.6 is 0 Å². The molecule has 4 rings (SSSR count). The van der Waals surface area contributed by atoms with Crippen LogP contribution in [0.2, 0.25) is 0 Å². The van der Waals surface area contributed by atoms with Crippen LogP contribution in [-0.2, 0) is 17.5 Å². The van der Waals surface area contributed by atoms with Gasteiger partial charge in [-0.2, -0.15) is 13.2 Å². The largest absolute Gasteiger partial charge is 0.416 e. The highest BCUT2D eigenvalue weighted by Gasteiger charge is 2.29. The van der Waals surface area contributed by atoms with Crippen molar-refractivity contribution < 1.29 is 17.9 Å². The maximum Gasteiger partial charge on any atom is 0.416 e. The van der Waals surface area contributed by atoms with Crippen molar-refractivity contribution in [3.05, 3.63) is 66.0 Å². The quantitative estimate of drug-likeness (QED) is 0.514. The summed E-state index contributed by atoms with van der Waals surface area (Å²) in [4.78, 5) is 8.79. The van der Waals surface area contributed by atoms with Crippen LogP contribution in [0.25, 0.3) is 21.9 Å². The van der Waals surface area contributed by atoms with Gasteiger partial charge in [-0.25, -0.2) is 9.97 Å². The molecule has 2 heterocycles. The first-order chi connectivity index (χ1) is 13.8. The second-order valence-corrected chi connectivity index (χ2v) is 6.92. The van der Waals surface area contributed by atoms with E-state index in [1.807, 2.05) is 35.8 Å². The van der Waals surface area contributed by atoms with Gasteiger partial charge in [0.25, 0.3) is 0 Å². The van der Waals surface area contributed by atoms with Gasteiger partial charge in [0.2, 0.25) is 0 Å². The number of fused-ring (bicyclic) bond motifs is 3. The van der Waals surface area contributed by atoms with Crippen molar-refractivity contribution in [2.45, 2.75) is 25.7 Å². The Morgan fingerprint density at radius 2 is 1.83 bits per heavy atom. The number of benzene rings is 2. The molecule has 2 aromatic carbocycles. The maximum absolute atomic E-state index is 12.6. The third-order valence-corrected chi connectivity index (χ3v) is 4.82. The van der Waals surface area contributed by atoms with Crippen LogP contribution < -0.4 is 5.73 Å². The molecule has 2 N–H and O–H groups in total. The van der Waals surface area contributed by atoms with E-state index < -0.39 is 11.7 Å². The molecule has 150 valence electrons. The van der Waals surface area contributed by atoms with E-state index in [-0.39, 0.29) is 12.6 Å². The standard InChI is InChI=1S/C21H19F3N4O/c1-13(10-29-11-14-6-8-15(9-7-14)21(22,23)24)28-12-26-18-19(28)16-4-2-3-5-17(16)27-20(18)25/h2-9,12-13H,10-11H2,1H3,(H2,25,27)/t13-/m1/s1. The minimum atomic E-state index is -4.34. The van der Waals surface area contributed by atoms with Crippen LogP contribution in [0.5, 0.6) is 0 Å². The summed E-state index contributed by atoms with van der Waals surface area (Å²) in [5.74, 6) is 0.371. The fraction of sp³-hybridized carbons (Fsp3) is 0.238. The van der Waals surface area contributed by atoms with E-state index in [0.717, 1.165) is 28.6 Å². The Labute approximate surface area is 164 Å². The van der Waals surface area contributed by atoms with E-state index in [1.165, 1.54) is 12.1 Å². The first kappa shape index (κ1) is 19.2. The number of hydrogen-bond donors (Lipinski definition) is 1. The molecule has 0 unspecified atom stereocenters. The average Bonchev–Trinajstić information content (AvgIpc) is 3.14. The number of nitrogen functional groups attached to an aromatic ring is 1. The molecule has 5 nitrogen and oxygen atoms in total. The second-order valence-electron chi connectivity index (χ2n) is 6.92. The fourth-order valence-corrected chi connectivity index (χ4v) is 3.32. The van der Waals surface area contributed by atoms with Crippen LogP contribution in [0.4, 0.5) is 19.0 Å². The molecule has 8 heteroatoms. The summed E-state index contributed by atoms with van der Waals surface area (Å²) >= 11 is 0. The van der Waals surface area contributed by atoms with Gasteiger partial charge in [-0.3, -0.25) is 0 Å². The molecule has 0 aliphatic carbocycles. The van der Waals surface area contributed by atoms with Gasteiger partial charge >= 0.3 is 6.18 Å². The van der Waals surface area contributed by atoms with Crippen LogP contribution in [0, 0.1) is 0 Å². The number of alkyl halides is 3. The molecular weight excluding hydrogens is 381 g/mol. The van der Waals surface area contributed by atoms with Gasteiger partial charge in [-0.15, -0.1) is 0 Å². The summed E-state index contributed by atoms with van der Waals surface area (Å²) in [7, 11) is 0. The molecule has 1 atom stereocenters. The topological polar surface area (TPSA) is 66.0 Å². The predicted molar refractivity (Wildman–Crippen MR) is 105 cm³/mol. The molecule has 0 spiro atoms. The van der Waals surface area contributed by atoms with Crippen LogP contribution in [0.15, 0.2) is 54.9 Å². The number of rotatable bonds is 5. The molecule has 0 amide bonds. The molecule has 0 saturated carbocycles. The van der Waals surface area contributed by atoms with Crippen LogP contribution in [0.3, 0.4) is 0 Å². The average molecular weight is 400 g/mol. The van der Waals surface area contributed by atoms with Crippen molar-refractivity contribution in [2.24, 2.45) is 0 Å². The fourth-order valence-electron chi connectivity index (χ4n) is 3.32. The predicted octanol–water partition coefficient (Wildman–Crippen LogP) is 4.96. The highest BCUT2D eigenvalue weighted by atomic mass is 19.4. The SMILES string of the molecule is C[C@H](COCc1ccc(C(F)(F)F)cc1)n1cnc2c(N)nc3ccccc3c21. The van der Waals surface area contributed by atoms with E-state index in [1.54, 1.807) is 6.33 Å². The first-order valence-corrected chi connectivity index (χ1v) is 9.09. The van der Waals surface area contributed by atoms with E-state index >= 15 is 0 Å². The number of anilines is 1. The van der Waals surface area contributed by atoms with Gasteiger partial charge in [0.15, 0.2) is 5.82 Å². The number of ether oxygens (including phenoxy) is 1. The molecule has 4 aromatic rings. The van der Waals surface area contributed by atoms with Crippen molar-refractivity contribution in [1.82, 2.24) is 14.5 Å². The number of imidazole rings is 1. The Morgan fingerprint density at radius 3 is 2.55 bits per heavy atom. The highest BCUT2D eigenvalue weighted by molar-refractivity contribution is 6.06. The summed E-state index contributed by atoms with van der Waals surface area (Å²) in [6.07, 6.45) is -2.63. The first-order valence-electron chi connectivity index (χ1n) is 9.09. The summed E-state index contributed by atoms with van der Waals surface area (Å²) in [5.41, 5.74) is 8.38. The van der Waals surface area contributed by atoms with E-state index in [9.17, 15) is 13.2 Å². The molecule has 0 aliphatic rings. The summed E-state index contributed by atoms with van der Waals surface area (Å²) < 4.78 is 45.7. The number of nitrogens with zero attached hydrogens (tertiary/aromatic N) is 3. The molecule has 29 heavy (non-hydrogen) atoms. The van der Waals surface area contributed by atoms with Gasteiger partial charge < -0.3 is 15.0 Å². The van der Waals surface area contributed by atoms with Gasteiger partial charge in [0.1, 0.15) is 5.52 Å². The zero-order chi connectivity index (χ0) is 20.6. The monoisotopic (exact) mass is 400 g/mol. The maximum atomic E-state index is 12.6. The Morgan fingerprint density at radius 1 is 1.10 bits per heavy atom. The zero-order valence-corrected chi connectivity index (χ0v) is 15.6. The minimum absolute atomic E-state index is 0.0559. The highest BCUT2D eigenvalue weighted by Crippen LogP contribution is 2.30. The zero-order valence-electron chi connectivity index (χ0n) is 15.6. The van der Waals surface area contributed by atoms with E-state index in [2.05, 4.69) is 9.97 Å². The number of para-hydroxylation sites is 1. The molecule has 0 bridgehead atoms. The van der Waals surface area contributed by atoms with Crippen LogP contribution in [0.1, 0.15) is 24.1 Å². The molecule has 0 saturated heterocycles. The lowest BCUT2D eigenvalue weighted by Crippen LogP contribution is -2.12. The minimum Gasteiger partial charge on any atom is -0.382 e. The number of halogens is 3. The van der Waals surface area contributed by atoms with Crippen molar-refractivity contribution in [3.8, 4) is 0 Å². The van der Waals surface area contributed by atoms with E-state index in [0.29, 0.717) is 23.5 Å². The van der Waals surface area contributed by atoms with Gasteiger partial charge in [0.05, 0.1) is 42.2 Å². The van der Waals surface area contributed by atoms with Crippen LogP contribution in [-0.4, -0.2) is 21.1 Å². The third kappa shape index (κ3) is 3.75. The lowest BCUT2D eigenvalue weighted by Gasteiger charge is -2.16. The number of hydrogen-bond acceptors (Lipinski definition) is 4. The summed E-state index contributed by atoms with van der Waals surface area (Å²) in [6.45, 7) is 2.57. The molecular formula is C21H19F3N4O. The lowest BCUT2D eigenvalue weighted by molar-refractivity contribution is -0.137. The van der Waals surface area contributed by atoms with Crippen molar-refractivity contribution in [1.29, 1.82) is 0 Å². The summed E-state index contributed by atoms with van der Waals surface area (Å²) in [5, 5.41) is 0.948. The van der Waals surface area contributed by atoms with Crippen molar-refractivity contribution >= 4 is 27.8 Å². The smallest absolute Gasteiger partial charge is 0.382 e. The van der Waals surface area contributed by atoms with Crippen molar-refractivity contribution in [2.75, 3.05) is 12.3 Å². The Balaban J connectivity index is 1.50. The molecule has 0 radical (unpaired) electrons. The number of pyridine rings is 1. The van der Waals surface area contributed by atoms with Gasteiger partial charge in [-0.1, -0.05) is 30.3 Å². The third-order valence-electron chi connectivity index (χ3n) is 4.82. The number of nitrogens with two attached hydrogens (primary N) is 1. The normalized spacial score (nSPS) is 13.2. The lowest BCUT2D eigenvalue weighted by atomic mass is 10.1. The van der Waals surface area contributed by atoms with Gasteiger partial charge in [0, 0.05) is 5.39 Å². The molecule has 2 aromatic heterocycles. The van der Waals surface area contributed by atoms with Crippen molar-refractivity contribution in [3.63, 3.8) is 0 Å².